The zero-order valence-corrected chi connectivity index (χ0v) is 18.6. The van der Waals surface area contributed by atoms with Crippen LogP contribution in [0.1, 0.15) is 38.2 Å². The number of guanidine groups is 1. The highest BCUT2D eigenvalue weighted by Crippen LogP contribution is 2.19. The average molecular weight is 479 g/mol. The number of rotatable bonds is 5. The zero-order chi connectivity index (χ0) is 17.7. The molecule has 0 spiro atoms. The van der Waals surface area contributed by atoms with Gasteiger partial charge in [-0.3, -0.25) is 4.99 Å². The Balaban J connectivity index is 0.00000312. The Hall–Kier alpha value is -1.43. The largest absolute Gasteiger partial charge is 0.354 e. The van der Waals surface area contributed by atoms with Crippen LogP contribution in [0.2, 0.25) is 0 Å². The van der Waals surface area contributed by atoms with E-state index >= 15 is 0 Å². The van der Waals surface area contributed by atoms with Crippen molar-refractivity contribution >= 4 is 46.4 Å². The normalized spacial score (nSPS) is 11.8. The molecule has 0 aliphatic carbocycles. The Morgan fingerprint density at radius 2 is 1.92 bits per heavy atom. The van der Waals surface area contributed by atoms with Crippen LogP contribution in [0.5, 0.6) is 0 Å². The van der Waals surface area contributed by atoms with E-state index in [1.165, 1.54) is 0 Å². The molecular weight excluding hydrogens is 453 g/mol. The number of hydrogen-bond donors (Lipinski definition) is 2. The summed E-state index contributed by atoms with van der Waals surface area (Å²) in [5, 5.41) is 13.4. The maximum absolute atomic E-state index is 5.27. The van der Waals surface area contributed by atoms with Gasteiger partial charge in [0, 0.05) is 31.9 Å². The third kappa shape index (κ3) is 6.42. The molecule has 0 saturated heterocycles. The highest BCUT2D eigenvalue weighted by molar-refractivity contribution is 14.0. The Kier molecular flexibility index (Phi) is 8.06. The second kappa shape index (κ2) is 9.32. The summed E-state index contributed by atoms with van der Waals surface area (Å²) in [6.07, 6.45) is 0. The van der Waals surface area contributed by atoms with E-state index in [9.17, 15) is 0 Å². The molecule has 140 valence electrons. The number of thiazole rings is 1. The van der Waals surface area contributed by atoms with Crippen molar-refractivity contribution in [1.82, 2.24) is 25.8 Å². The van der Waals surface area contributed by atoms with Gasteiger partial charge >= 0.3 is 0 Å². The first kappa shape index (κ1) is 21.6. The topological polar surface area (TPSA) is 91.5 Å². The molecule has 0 aromatic carbocycles. The smallest absolute Gasteiger partial charge is 0.232 e. The Labute approximate surface area is 169 Å². The second-order valence-electron chi connectivity index (χ2n) is 6.56. The first-order chi connectivity index (χ1) is 11.3. The molecule has 0 radical (unpaired) electrons. The molecule has 0 fully saturated rings. The van der Waals surface area contributed by atoms with Gasteiger partial charge in [0.15, 0.2) is 16.9 Å². The van der Waals surface area contributed by atoms with Crippen LogP contribution in [-0.2, 0) is 18.5 Å². The lowest BCUT2D eigenvalue weighted by atomic mass is 9.97. The summed E-state index contributed by atoms with van der Waals surface area (Å²) >= 11 is 1.61. The van der Waals surface area contributed by atoms with Gasteiger partial charge in [-0.1, -0.05) is 25.9 Å². The van der Waals surface area contributed by atoms with Crippen molar-refractivity contribution in [2.75, 3.05) is 26.0 Å². The van der Waals surface area contributed by atoms with Crippen LogP contribution in [-0.4, -0.2) is 42.2 Å². The van der Waals surface area contributed by atoms with Crippen molar-refractivity contribution in [2.45, 2.75) is 39.3 Å². The Morgan fingerprint density at radius 1 is 1.24 bits per heavy atom. The third-order valence-corrected chi connectivity index (χ3v) is 4.16. The number of hydrogen-bond acceptors (Lipinski definition) is 7. The molecule has 8 nitrogen and oxygen atoms in total. The van der Waals surface area contributed by atoms with Gasteiger partial charge in [-0.15, -0.1) is 35.3 Å². The van der Waals surface area contributed by atoms with Gasteiger partial charge in [-0.25, -0.2) is 4.98 Å². The van der Waals surface area contributed by atoms with Crippen molar-refractivity contribution in [2.24, 2.45) is 4.99 Å². The van der Waals surface area contributed by atoms with E-state index < -0.39 is 0 Å². The van der Waals surface area contributed by atoms with E-state index in [0.717, 1.165) is 10.8 Å². The second-order valence-corrected chi connectivity index (χ2v) is 7.40. The van der Waals surface area contributed by atoms with Gasteiger partial charge in [-0.2, -0.15) is 4.98 Å². The zero-order valence-electron chi connectivity index (χ0n) is 15.5. The average Bonchev–Trinajstić information content (AvgIpc) is 3.16. The molecule has 0 amide bonds. The fourth-order valence-corrected chi connectivity index (χ4v) is 2.53. The minimum atomic E-state index is -0.153. The van der Waals surface area contributed by atoms with E-state index in [0.29, 0.717) is 30.8 Å². The molecule has 0 unspecified atom stereocenters. The fraction of sp³-hybridized carbons (Fsp3) is 0.600. The SMILES string of the molecule is CN=C(NCc1csc(N(C)C)n1)NCc1noc(C(C)(C)C)n1.I. The summed E-state index contributed by atoms with van der Waals surface area (Å²) in [4.78, 5) is 15.1. The van der Waals surface area contributed by atoms with Crippen molar-refractivity contribution < 1.29 is 4.52 Å². The first-order valence-electron chi connectivity index (χ1n) is 7.69. The van der Waals surface area contributed by atoms with Crippen LogP contribution in [0.4, 0.5) is 5.13 Å². The molecule has 0 bridgehead atoms. The molecule has 2 aromatic rings. The summed E-state index contributed by atoms with van der Waals surface area (Å²) in [5.74, 6) is 1.89. The molecule has 25 heavy (non-hydrogen) atoms. The molecule has 2 rings (SSSR count). The molecule has 10 heteroatoms. The quantitative estimate of drug-likeness (QED) is 0.387. The minimum Gasteiger partial charge on any atom is -0.354 e. The predicted molar refractivity (Wildman–Crippen MR) is 112 cm³/mol. The summed E-state index contributed by atoms with van der Waals surface area (Å²) in [5.41, 5.74) is 0.821. The number of nitrogens with one attached hydrogen (secondary N) is 2. The maximum atomic E-state index is 5.27. The number of anilines is 1. The third-order valence-electron chi connectivity index (χ3n) is 3.11. The van der Waals surface area contributed by atoms with Gasteiger partial charge < -0.3 is 20.1 Å². The molecule has 0 aliphatic rings. The molecule has 2 aromatic heterocycles. The summed E-state index contributed by atoms with van der Waals surface area (Å²) < 4.78 is 5.27. The first-order valence-corrected chi connectivity index (χ1v) is 8.57. The van der Waals surface area contributed by atoms with Crippen molar-refractivity contribution in [3.05, 3.63) is 22.8 Å². The number of aliphatic imine (C=N–C) groups is 1. The molecular formula is C15H26IN7OS. The van der Waals surface area contributed by atoms with Crippen LogP contribution < -0.4 is 15.5 Å². The lowest BCUT2D eigenvalue weighted by molar-refractivity contribution is 0.318. The van der Waals surface area contributed by atoms with E-state index in [4.69, 9.17) is 4.52 Å². The standard InChI is InChI=1S/C15H25N7OS.HI/c1-15(2,3)12-20-11(21-23-12)8-18-13(16-4)17-7-10-9-24-14(19-10)22(5)6;/h9H,7-8H2,1-6H3,(H2,16,17,18);1H. The van der Waals surface area contributed by atoms with Crippen molar-refractivity contribution in [3.8, 4) is 0 Å². The highest BCUT2D eigenvalue weighted by atomic mass is 127. The lowest BCUT2D eigenvalue weighted by Crippen LogP contribution is -2.36. The van der Waals surface area contributed by atoms with Gasteiger partial charge in [-0.05, 0) is 0 Å². The predicted octanol–water partition coefficient (Wildman–Crippen LogP) is 2.37. The van der Waals surface area contributed by atoms with Gasteiger partial charge in [0.05, 0.1) is 18.8 Å². The number of nitrogens with zero attached hydrogens (tertiary/aromatic N) is 5. The number of halogens is 1. The monoisotopic (exact) mass is 479 g/mol. The summed E-state index contributed by atoms with van der Waals surface area (Å²) in [6, 6.07) is 0. The maximum Gasteiger partial charge on any atom is 0.232 e. The molecule has 2 N–H and O–H groups in total. The van der Waals surface area contributed by atoms with Gasteiger partial charge in [0.2, 0.25) is 5.89 Å². The summed E-state index contributed by atoms with van der Waals surface area (Å²) in [7, 11) is 5.68. The van der Waals surface area contributed by atoms with Crippen molar-refractivity contribution in [3.63, 3.8) is 0 Å². The van der Waals surface area contributed by atoms with Crippen LogP contribution in [0.15, 0.2) is 14.9 Å². The van der Waals surface area contributed by atoms with E-state index in [1.807, 2.05) is 45.1 Å². The fourth-order valence-electron chi connectivity index (χ4n) is 1.77. The number of aromatic nitrogens is 3. The summed E-state index contributed by atoms with van der Waals surface area (Å²) in [6.45, 7) is 7.15. The van der Waals surface area contributed by atoms with Gasteiger partial charge in [0.25, 0.3) is 0 Å². The Morgan fingerprint density at radius 3 is 2.44 bits per heavy atom. The van der Waals surface area contributed by atoms with Crippen LogP contribution in [0.3, 0.4) is 0 Å². The van der Waals surface area contributed by atoms with Crippen molar-refractivity contribution in [1.29, 1.82) is 0 Å². The lowest BCUT2D eigenvalue weighted by Gasteiger charge is -2.11. The van der Waals surface area contributed by atoms with E-state index in [2.05, 4.69) is 30.8 Å². The molecule has 0 aliphatic heterocycles. The molecule has 0 atom stereocenters. The molecule has 2 heterocycles. The highest BCUT2D eigenvalue weighted by Gasteiger charge is 2.21. The van der Waals surface area contributed by atoms with E-state index in [-0.39, 0.29) is 29.4 Å². The minimum absolute atomic E-state index is 0. The van der Waals surface area contributed by atoms with Crippen LogP contribution in [0.25, 0.3) is 0 Å². The van der Waals surface area contributed by atoms with E-state index in [1.54, 1.807) is 18.4 Å². The van der Waals surface area contributed by atoms with Crippen LogP contribution >= 0.6 is 35.3 Å². The van der Waals surface area contributed by atoms with Crippen LogP contribution in [0, 0.1) is 0 Å². The molecule has 0 saturated carbocycles. The van der Waals surface area contributed by atoms with Gasteiger partial charge in [0.1, 0.15) is 0 Å². The Bertz CT molecular complexity index is 690.